The number of hydrogen-bond acceptors (Lipinski definition) is 5. The van der Waals surface area contributed by atoms with Crippen molar-refractivity contribution < 1.29 is 19.4 Å². The van der Waals surface area contributed by atoms with E-state index in [1.165, 1.54) is 0 Å². The van der Waals surface area contributed by atoms with Crippen molar-refractivity contribution in [1.29, 1.82) is 0 Å². The van der Waals surface area contributed by atoms with Crippen LogP contribution in [0.5, 0.6) is 0 Å². The number of methoxy groups -OCH3 is 1. The van der Waals surface area contributed by atoms with Gasteiger partial charge in [-0.05, 0) is 6.54 Å². The molecule has 0 spiro atoms. The molecule has 0 saturated heterocycles. The van der Waals surface area contributed by atoms with Gasteiger partial charge in [0.1, 0.15) is 0 Å². The van der Waals surface area contributed by atoms with Gasteiger partial charge in [0, 0.05) is 27.4 Å². The Labute approximate surface area is 73.9 Å². The van der Waals surface area contributed by atoms with Gasteiger partial charge in [0.15, 0.2) is 0 Å². The van der Waals surface area contributed by atoms with Crippen molar-refractivity contribution in [2.75, 3.05) is 33.9 Å². The summed E-state index contributed by atoms with van der Waals surface area (Å²) in [5.74, 6) is 0. The summed E-state index contributed by atoms with van der Waals surface area (Å²) in [6.45, 7) is 3.81. The molecule has 0 aliphatic rings. The van der Waals surface area contributed by atoms with E-state index in [4.69, 9.17) is 10.0 Å². The average Bonchev–Trinajstić information content (AvgIpc) is 1.99. The summed E-state index contributed by atoms with van der Waals surface area (Å²) in [5.41, 5.74) is 0. The first kappa shape index (κ1) is 14.4. The van der Waals surface area contributed by atoms with E-state index in [1.807, 2.05) is 6.92 Å². The lowest BCUT2D eigenvalue weighted by molar-refractivity contribution is 0.187. The first-order chi connectivity index (χ1) is 5.68. The normalized spacial score (nSPS) is 8.75. The molecule has 0 amide bonds. The van der Waals surface area contributed by atoms with Gasteiger partial charge in [-0.3, -0.25) is 0 Å². The van der Waals surface area contributed by atoms with Crippen LogP contribution in [-0.2, 0) is 9.39 Å². The molecule has 5 nitrogen and oxygen atoms in total. The van der Waals surface area contributed by atoms with E-state index in [-0.39, 0.29) is 0 Å². The van der Waals surface area contributed by atoms with Crippen LogP contribution in [0.1, 0.15) is 6.92 Å². The lowest BCUT2D eigenvalue weighted by Gasteiger charge is -2.01. The Morgan fingerprint density at radius 3 is 2.17 bits per heavy atom. The lowest BCUT2D eigenvalue weighted by Crippen LogP contribution is -2.25. The van der Waals surface area contributed by atoms with Gasteiger partial charge in [-0.2, -0.15) is 0 Å². The van der Waals surface area contributed by atoms with Crippen LogP contribution in [0.3, 0.4) is 0 Å². The number of likely N-dealkylation sites (N-methyl/N-ethyl adjacent to an activating group) is 1. The minimum Gasteiger partial charge on any atom is -0.402 e. The zero-order chi connectivity index (χ0) is 9.82. The molecule has 0 aromatic heterocycles. The van der Waals surface area contributed by atoms with Crippen LogP contribution in [0.25, 0.3) is 0 Å². The molecule has 0 unspecified atom stereocenters. The zero-order valence-corrected chi connectivity index (χ0v) is 7.91. The van der Waals surface area contributed by atoms with Crippen LogP contribution >= 0.6 is 0 Å². The maximum absolute atomic E-state index is 8.16. The maximum Gasteiger partial charge on any atom is 0.633 e. The summed E-state index contributed by atoms with van der Waals surface area (Å²) >= 11 is 0. The van der Waals surface area contributed by atoms with Gasteiger partial charge >= 0.3 is 7.32 Å². The van der Waals surface area contributed by atoms with E-state index in [1.54, 1.807) is 14.2 Å². The van der Waals surface area contributed by atoms with E-state index in [0.717, 1.165) is 6.54 Å². The highest BCUT2D eigenvalue weighted by molar-refractivity contribution is 6.32. The third kappa shape index (κ3) is 22.5. The largest absolute Gasteiger partial charge is 0.633 e. The Morgan fingerprint density at radius 1 is 1.33 bits per heavy atom. The maximum atomic E-state index is 8.16. The number of ether oxygens (including phenoxy) is 1. The molecule has 0 radical (unpaired) electrons. The molecule has 12 heavy (non-hydrogen) atoms. The second-order valence-electron chi connectivity index (χ2n) is 1.96. The van der Waals surface area contributed by atoms with E-state index < -0.39 is 7.32 Å². The molecule has 0 atom stereocenters. The third-order valence-corrected chi connectivity index (χ3v) is 0.796. The van der Waals surface area contributed by atoms with Crippen molar-refractivity contribution in [3.8, 4) is 0 Å². The Hall–Kier alpha value is -0.135. The molecule has 3 N–H and O–H groups in total. The Bertz CT molecular complexity index is 74.6. The molecule has 0 aliphatic heterocycles. The first-order valence-electron chi connectivity index (χ1n) is 3.77. The minimum atomic E-state index is -1.64. The Kier molecular flexibility index (Phi) is 16.1. The molecule has 0 saturated carbocycles. The van der Waals surface area contributed by atoms with E-state index in [2.05, 4.69) is 14.7 Å². The monoisotopic (exact) mass is 179 g/mol. The Morgan fingerprint density at radius 2 is 1.83 bits per heavy atom. The molecule has 0 aromatic rings. The third-order valence-electron chi connectivity index (χ3n) is 0.796. The summed E-state index contributed by atoms with van der Waals surface area (Å²) in [5, 5.41) is 19.3. The van der Waals surface area contributed by atoms with Crippen molar-refractivity contribution in [1.82, 2.24) is 5.32 Å². The van der Waals surface area contributed by atoms with E-state index >= 15 is 0 Å². The molecule has 0 heterocycles. The molecule has 0 bridgehead atoms. The van der Waals surface area contributed by atoms with Gasteiger partial charge in [0.25, 0.3) is 0 Å². The van der Waals surface area contributed by atoms with Crippen molar-refractivity contribution in [3.05, 3.63) is 0 Å². The van der Waals surface area contributed by atoms with Crippen LogP contribution in [0, 0.1) is 0 Å². The second kappa shape index (κ2) is 13.5. The topological polar surface area (TPSA) is 71.0 Å². The summed E-state index contributed by atoms with van der Waals surface area (Å²) in [6, 6.07) is 0. The van der Waals surface area contributed by atoms with Crippen molar-refractivity contribution >= 4 is 7.32 Å². The highest BCUT2D eigenvalue weighted by Crippen LogP contribution is 1.72. The number of rotatable bonds is 5. The number of hydrogen-bond donors (Lipinski definition) is 3. The minimum absolute atomic E-state index is 0.325. The lowest BCUT2D eigenvalue weighted by atomic mass is 10.3. The van der Waals surface area contributed by atoms with Gasteiger partial charge in [-0.25, -0.2) is 0 Å². The van der Waals surface area contributed by atoms with Crippen molar-refractivity contribution in [2.24, 2.45) is 0 Å². The fourth-order valence-electron chi connectivity index (χ4n) is 0.413. The SMILES string of the molecule is CCNCCOB(O)O.COC. The fraction of sp³-hybridized carbons (Fsp3) is 1.00. The molecular weight excluding hydrogens is 161 g/mol. The molecule has 6 heteroatoms. The van der Waals surface area contributed by atoms with Crippen LogP contribution < -0.4 is 5.32 Å². The van der Waals surface area contributed by atoms with Crippen LogP contribution in [0.4, 0.5) is 0 Å². The van der Waals surface area contributed by atoms with Gasteiger partial charge < -0.3 is 24.8 Å². The highest BCUT2D eigenvalue weighted by Gasteiger charge is 2.05. The molecule has 0 rings (SSSR count). The van der Waals surface area contributed by atoms with Gasteiger partial charge in [0.05, 0.1) is 0 Å². The summed E-state index contributed by atoms with van der Waals surface area (Å²) in [7, 11) is 1.61. The summed E-state index contributed by atoms with van der Waals surface area (Å²) in [4.78, 5) is 0. The van der Waals surface area contributed by atoms with Gasteiger partial charge in [-0.15, -0.1) is 0 Å². The van der Waals surface area contributed by atoms with Gasteiger partial charge in [-0.1, -0.05) is 6.92 Å². The predicted octanol–water partition coefficient (Wildman–Crippen LogP) is -1.16. The molecular formula is C6H18BNO4. The average molecular weight is 179 g/mol. The molecule has 74 valence electrons. The standard InChI is InChI=1S/C4H12BNO3.C2H6O/c1-2-6-3-4-9-5(7)8;1-3-2/h6-8H,2-4H2,1H3;1-2H3. The van der Waals surface area contributed by atoms with E-state index in [0.29, 0.717) is 13.2 Å². The number of nitrogens with one attached hydrogen (secondary N) is 1. The Balaban J connectivity index is 0. The smallest absolute Gasteiger partial charge is 0.402 e. The summed E-state index contributed by atoms with van der Waals surface area (Å²) in [6.07, 6.45) is 0. The quantitative estimate of drug-likeness (QED) is 0.367. The first-order valence-corrected chi connectivity index (χ1v) is 3.77. The van der Waals surface area contributed by atoms with Crippen molar-refractivity contribution in [3.63, 3.8) is 0 Å². The highest BCUT2D eigenvalue weighted by atomic mass is 16.6. The van der Waals surface area contributed by atoms with Crippen LogP contribution in [-0.4, -0.2) is 51.3 Å². The molecule has 0 fully saturated rings. The van der Waals surface area contributed by atoms with E-state index in [9.17, 15) is 0 Å². The molecule has 0 aromatic carbocycles. The predicted molar refractivity (Wildman–Crippen MR) is 47.6 cm³/mol. The second-order valence-corrected chi connectivity index (χ2v) is 1.96. The van der Waals surface area contributed by atoms with Crippen LogP contribution in [0.15, 0.2) is 0 Å². The fourth-order valence-corrected chi connectivity index (χ4v) is 0.413. The molecule has 0 aliphatic carbocycles. The van der Waals surface area contributed by atoms with Crippen molar-refractivity contribution in [2.45, 2.75) is 6.92 Å². The summed E-state index contributed by atoms with van der Waals surface area (Å²) < 4.78 is 8.64. The zero-order valence-electron chi connectivity index (χ0n) is 7.91. The van der Waals surface area contributed by atoms with Crippen LogP contribution in [0.2, 0.25) is 0 Å². The van der Waals surface area contributed by atoms with Gasteiger partial charge in [0.2, 0.25) is 0 Å².